The number of nitrogens with zero attached hydrogens (tertiary/aromatic N) is 1. The highest BCUT2D eigenvalue weighted by molar-refractivity contribution is 7.13. The monoisotopic (exact) mass is 372 g/mol. The lowest BCUT2D eigenvalue weighted by Crippen LogP contribution is -2.50. The Morgan fingerprint density at radius 3 is 2.32 bits per heavy atom. The zero-order valence-corrected chi connectivity index (χ0v) is 14.2. The Bertz CT molecular complexity index is 783. The highest BCUT2D eigenvalue weighted by Gasteiger charge is 2.30. The molecule has 0 saturated carbocycles. The van der Waals surface area contributed by atoms with Gasteiger partial charge in [0.05, 0.1) is 17.7 Å². The number of halogens is 3. The maximum absolute atomic E-state index is 12.6. The topological polar surface area (TPSA) is 79.3 Å². The van der Waals surface area contributed by atoms with Gasteiger partial charge in [-0.15, -0.1) is 11.3 Å². The molecule has 2 N–H and O–H groups in total. The Morgan fingerprint density at radius 1 is 1.20 bits per heavy atom. The van der Waals surface area contributed by atoms with Gasteiger partial charge in [-0.25, -0.2) is 9.78 Å². The lowest BCUT2D eigenvalue weighted by molar-refractivity contribution is -0.145. The van der Waals surface area contributed by atoms with Gasteiger partial charge >= 0.3 is 12.1 Å². The molecule has 0 aliphatic carbocycles. The van der Waals surface area contributed by atoms with Crippen molar-refractivity contribution in [1.29, 1.82) is 0 Å². The van der Waals surface area contributed by atoms with Gasteiger partial charge in [-0.1, -0.05) is 12.1 Å². The standard InChI is InChI=1S/C16H15F3N2O3S/c1-15(2,14(23)24)21-12(22)7-11-8-25-13(20-11)9-3-5-10(6-4-9)16(17,18)19/h3-6,8H,7H2,1-2H3,(H,21,22)(H,23,24). The third kappa shape index (κ3) is 4.79. The van der Waals surface area contributed by atoms with Gasteiger partial charge in [-0.2, -0.15) is 13.2 Å². The van der Waals surface area contributed by atoms with Crippen LogP contribution >= 0.6 is 11.3 Å². The number of aromatic nitrogens is 1. The molecule has 1 aromatic heterocycles. The maximum atomic E-state index is 12.6. The Kier molecular flexibility index (Phi) is 5.17. The van der Waals surface area contributed by atoms with Crippen molar-refractivity contribution in [3.05, 3.63) is 40.9 Å². The van der Waals surface area contributed by atoms with Crippen LogP contribution in [0.2, 0.25) is 0 Å². The first kappa shape index (κ1) is 18.9. The molecule has 0 atom stereocenters. The molecule has 2 rings (SSSR count). The number of amides is 1. The molecule has 0 spiro atoms. The number of rotatable bonds is 5. The van der Waals surface area contributed by atoms with E-state index in [0.717, 1.165) is 12.1 Å². The minimum atomic E-state index is -4.40. The number of nitrogens with one attached hydrogen (secondary N) is 1. The van der Waals surface area contributed by atoms with Gasteiger partial charge in [0, 0.05) is 10.9 Å². The summed E-state index contributed by atoms with van der Waals surface area (Å²) in [5, 5.41) is 13.5. The van der Waals surface area contributed by atoms with Crippen molar-refractivity contribution in [3.8, 4) is 10.6 Å². The molecule has 0 fully saturated rings. The Balaban J connectivity index is 2.07. The summed E-state index contributed by atoms with van der Waals surface area (Å²) >= 11 is 1.19. The Hall–Kier alpha value is -2.42. The van der Waals surface area contributed by atoms with E-state index in [4.69, 9.17) is 5.11 Å². The number of carboxylic acid groups (broad SMARTS) is 1. The van der Waals surface area contributed by atoms with Gasteiger partial charge < -0.3 is 10.4 Å². The first-order valence-corrected chi connectivity index (χ1v) is 8.03. The predicted octanol–water partition coefficient (Wildman–Crippen LogP) is 3.35. The van der Waals surface area contributed by atoms with Crippen LogP contribution in [0.5, 0.6) is 0 Å². The van der Waals surface area contributed by atoms with Gasteiger partial charge in [-0.05, 0) is 26.0 Å². The Morgan fingerprint density at radius 2 is 1.80 bits per heavy atom. The zero-order valence-electron chi connectivity index (χ0n) is 13.3. The van der Waals surface area contributed by atoms with Crippen LogP contribution in [-0.2, 0) is 22.2 Å². The molecule has 0 saturated heterocycles. The second-order valence-corrected chi connectivity index (χ2v) is 6.73. The van der Waals surface area contributed by atoms with Crippen molar-refractivity contribution < 1.29 is 27.9 Å². The van der Waals surface area contributed by atoms with E-state index in [9.17, 15) is 22.8 Å². The van der Waals surface area contributed by atoms with Crippen molar-refractivity contribution in [2.75, 3.05) is 0 Å². The van der Waals surface area contributed by atoms with Crippen molar-refractivity contribution in [1.82, 2.24) is 10.3 Å². The van der Waals surface area contributed by atoms with E-state index in [1.54, 1.807) is 5.38 Å². The summed E-state index contributed by atoms with van der Waals surface area (Å²) in [5.41, 5.74) is -1.22. The van der Waals surface area contributed by atoms with E-state index in [2.05, 4.69) is 10.3 Å². The summed E-state index contributed by atoms with van der Waals surface area (Å²) in [6.45, 7) is 2.73. The largest absolute Gasteiger partial charge is 0.480 e. The SMILES string of the molecule is CC(C)(NC(=O)Cc1csc(-c2ccc(C(F)(F)F)cc2)n1)C(=O)O. The molecule has 5 nitrogen and oxygen atoms in total. The molecule has 1 aromatic carbocycles. The molecule has 2 aromatic rings. The molecule has 0 radical (unpaired) electrons. The van der Waals surface area contributed by atoms with Crippen LogP contribution < -0.4 is 5.32 Å². The zero-order chi connectivity index (χ0) is 18.8. The van der Waals surface area contributed by atoms with Crippen LogP contribution in [0.1, 0.15) is 25.1 Å². The molecule has 1 amide bonds. The third-order valence-corrected chi connectivity index (χ3v) is 4.28. The van der Waals surface area contributed by atoms with Crippen LogP contribution in [0.15, 0.2) is 29.6 Å². The molecule has 1 heterocycles. The van der Waals surface area contributed by atoms with Crippen molar-refractivity contribution >= 4 is 23.2 Å². The smallest absolute Gasteiger partial charge is 0.416 e. The van der Waals surface area contributed by atoms with E-state index < -0.39 is 29.2 Å². The van der Waals surface area contributed by atoms with Gasteiger partial charge in [0.1, 0.15) is 10.5 Å². The lowest BCUT2D eigenvalue weighted by Gasteiger charge is -2.20. The minimum absolute atomic E-state index is 0.117. The van der Waals surface area contributed by atoms with Gasteiger partial charge in [0.2, 0.25) is 5.91 Å². The number of carbonyl (C=O) groups is 2. The van der Waals surface area contributed by atoms with Crippen molar-refractivity contribution in [2.24, 2.45) is 0 Å². The second-order valence-electron chi connectivity index (χ2n) is 5.87. The van der Waals surface area contributed by atoms with Crippen LogP contribution in [0, 0.1) is 0 Å². The number of alkyl halides is 3. The van der Waals surface area contributed by atoms with Crippen LogP contribution in [-0.4, -0.2) is 27.5 Å². The number of aliphatic carboxylic acids is 1. The van der Waals surface area contributed by atoms with E-state index in [1.807, 2.05) is 0 Å². The fraction of sp³-hybridized carbons (Fsp3) is 0.312. The summed E-state index contributed by atoms with van der Waals surface area (Å²) in [6, 6.07) is 4.58. The minimum Gasteiger partial charge on any atom is -0.480 e. The molecular weight excluding hydrogens is 357 g/mol. The fourth-order valence-electron chi connectivity index (χ4n) is 1.93. The Labute approximate surface area is 145 Å². The molecule has 0 aliphatic rings. The van der Waals surface area contributed by atoms with E-state index in [0.29, 0.717) is 16.3 Å². The average Bonchev–Trinajstić information content (AvgIpc) is 2.94. The number of carboxylic acids is 1. The number of carbonyl (C=O) groups excluding carboxylic acids is 1. The third-order valence-electron chi connectivity index (χ3n) is 3.34. The van der Waals surface area contributed by atoms with Crippen LogP contribution in [0.25, 0.3) is 10.6 Å². The van der Waals surface area contributed by atoms with Gasteiger partial charge in [0.15, 0.2) is 0 Å². The number of hydrogen-bond acceptors (Lipinski definition) is 4. The normalized spacial score (nSPS) is 12.0. The molecule has 9 heteroatoms. The number of benzene rings is 1. The number of thiazole rings is 1. The van der Waals surface area contributed by atoms with Crippen LogP contribution in [0.3, 0.4) is 0 Å². The first-order chi connectivity index (χ1) is 11.5. The molecule has 0 bridgehead atoms. The molecular formula is C16H15F3N2O3S. The van der Waals surface area contributed by atoms with Crippen molar-refractivity contribution in [2.45, 2.75) is 32.0 Å². The summed E-state index contributed by atoms with van der Waals surface area (Å²) in [4.78, 5) is 27.1. The van der Waals surface area contributed by atoms with Crippen LogP contribution in [0.4, 0.5) is 13.2 Å². The summed E-state index contributed by atoms with van der Waals surface area (Å²) in [7, 11) is 0. The molecule has 25 heavy (non-hydrogen) atoms. The summed E-state index contributed by atoms with van der Waals surface area (Å²) in [6.07, 6.45) is -4.52. The van der Waals surface area contributed by atoms with Gasteiger partial charge in [0.25, 0.3) is 0 Å². The summed E-state index contributed by atoms with van der Waals surface area (Å²) < 4.78 is 37.7. The maximum Gasteiger partial charge on any atom is 0.416 e. The van der Waals surface area contributed by atoms with Gasteiger partial charge in [-0.3, -0.25) is 4.79 Å². The summed E-state index contributed by atoms with van der Waals surface area (Å²) in [5.74, 6) is -1.67. The van der Waals surface area contributed by atoms with E-state index in [1.165, 1.54) is 37.3 Å². The molecule has 0 aliphatic heterocycles. The highest BCUT2D eigenvalue weighted by atomic mass is 32.1. The lowest BCUT2D eigenvalue weighted by atomic mass is 10.1. The van der Waals surface area contributed by atoms with E-state index in [-0.39, 0.29) is 6.42 Å². The molecule has 134 valence electrons. The van der Waals surface area contributed by atoms with E-state index >= 15 is 0 Å². The quantitative estimate of drug-likeness (QED) is 0.844. The fourth-order valence-corrected chi connectivity index (χ4v) is 2.76. The second kappa shape index (κ2) is 6.83. The van der Waals surface area contributed by atoms with Crippen molar-refractivity contribution in [3.63, 3.8) is 0 Å². The molecule has 0 unspecified atom stereocenters. The number of hydrogen-bond donors (Lipinski definition) is 2. The first-order valence-electron chi connectivity index (χ1n) is 7.15. The highest BCUT2D eigenvalue weighted by Crippen LogP contribution is 2.31. The predicted molar refractivity (Wildman–Crippen MR) is 86.1 cm³/mol. The average molecular weight is 372 g/mol.